The van der Waals surface area contributed by atoms with Crippen molar-refractivity contribution in [3.63, 3.8) is 0 Å². The number of rotatable bonds is 15. The fraction of sp³-hybridized carbons (Fsp3) is 0.500. The molecule has 0 heterocycles. The second kappa shape index (κ2) is 14.6. The van der Waals surface area contributed by atoms with Gasteiger partial charge in [-0.3, -0.25) is 13.9 Å². The first-order valence-corrected chi connectivity index (χ1v) is 14.8. The Balaban J connectivity index is 2.14. The van der Waals surface area contributed by atoms with Gasteiger partial charge in [-0.25, -0.2) is 8.42 Å². The number of sulfonamides is 1. The number of hydrogen-bond acceptors (Lipinski definition) is 5. The summed E-state index contributed by atoms with van der Waals surface area (Å²) in [6, 6.07) is 14.0. The van der Waals surface area contributed by atoms with Crippen molar-refractivity contribution in [3.05, 3.63) is 59.7 Å². The third-order valence-electron chi connectivity index (χ3n) is 6.19. The average Bonchev–Trinajstić information content (AvgIpc) is 2.86. The number of aryl methyl sites for hydroxylation is 1. The van der Waals surface area contributed by atoms with Gasteiger partial charge in [0.05, 0.1) is 18.6 Å². The molecule has 0 radical (unpaired) electrons. The van der Waals surface area contributed by atoms with Crippen molar-refractivity contribution in [1.82, 2.24) is 10.2 Å². The molecular formula is C28H41N3O5S. The van der Waals surface area contributed by atoms with Gasteiger partial charge in [-0.15, -0.1) is 0 Å². The van der Waals surface area contributed by atoms with Gasteiger partial charge >= 0.3 is 0 Å². The average molecular weight is 532 g/mol. The lowest BCUT2D eigenvalue weighted by molar-refractivity contribution is -0.140. The Morgan fingerprint density at radius 3 is 2.30 bits per heavy atom. The molecule has 2 rings (SSSR count). The van der Waals surface area contributed by atoms with Crippen molar-refractivity contribution in [2.75, 3.05) is 30.3 Å². The summed E-state index contributed by atoms with van der Waals surface area (Å²) in [6.07, 6.45) is 3.41. The Kier molecular flexibility index (Phi) is 11.9. The molecule has 0 saturated carbocycles. The van der Waals surface area contributed by atoms with E-state index in [2.05, 4.69) is 12.2 Å². The maximum absolute atomic E-state index is 13.4. The SMILES string of the molecule is CCCCNC(=O)[C@H](C)N(Cc1ccccc1C)C(=O)CCCN(c1ccc(OCC)cc1)S(C)(=O)=O. The van der Waals surface area contributed by atoms with Gasteiger partial charge in [0.2, 0.25) is 21.8 Å². The van der Waals surface area contributed by atoms with Crippen molar-refractivity contribution >= 4 is 27.5 Å². The molecule has 0 fully saturated rings. The van der Waals surface area contributed by atoms with Gasteiger partial charge in [0.1, 0.15) is 11.8 Å². The quantitative estimate of drug-likeness (QED) is 0.346. The molecule has 0 bridgehead atoms. The van der Waals surface area contributed by atoms with Gasteiger partial charge in [0, 0.05) is 26.1 Å². The zero-order chi connectivity index (χ0) is 27.4. The molecule has 204 valence electrons. The normalized spacial score (nSPS) is 12.0. The Bertz CT molecular complexity index is 1120. The molecule has 1 N–H and O–H groups in total. The largest absolute Gasteiger partial charge is 0.494 e. The maximum Gasteiger partial charge on any atom is 0.242 e. The highest BCUT2D eigenvalue weighted by Crippen LogP contribution is 2.23. The van der Waals surface area contributed by atoms with Crippen LogP contribution in [0.2, 0.25) is 0 Å². The van der Waals surface area contributed by atoms with Crippen LogP contribution >= 0.6 is 0 Å². The zero-order valence-electron chi connectivity index (χ0n) is 22.7. The predicted octanol–water partition coefficient (Wildman–Crippen LogP) is 4.27. The highest BCUT2D eigenvalue weighted by Gasteiger charge is 2.27. The van der Waals surface area contributed by atoms with Crippen molar-refractivity contribution in [2.24, 2.45) is 0 Å². The third-order valence-corrected chi connectivity index (χ3v) is 7.38. The van der Waals surface area contributed by atoms with Crippen LogP contribution in [-0.2, 0) is 26.2 Å². The second-order valence-electron chi connectivity index (χ2n) is 9.13. The number of nitrogens with one attached hydrogen (secondary N) is 1. The van der Waals surface area contributed by atoms with Crippen LogP contribution < -0.4 is 14.4 Å². The van der Waals surface area contributed by atoms with Crippen molar-refractivity contribution in [1.29, 1.82) is 0 Å². The maximum atomic E-state index is 13.4. The van der Waals surface area contributed by atoms with Gasteiger partial charge in [-0.1, -0.05) is 37.6 Å². The molecule has 0 aliphatic carbocycles. The van der Waals surface area contributed by atoms with Crippen LogP contribution in [0.1, 0.15) is 57.6 Å². The lowest BCUT2D eigenvalue weighted by atomic mass is 10.1. The summed E-state index contributed by atoms with van der Waals surface area (Å²) in [5.74, 6) is 0.275. The molecule has 2 aromatic rings. The van der Waals surface area contributed by atoms with Crippen LogP contribution in [-0.4, -0.2) is 57.1 Å². The lowest BCUT2D eigenvalue weighted by Gasteiger charge is -2.30. The Morgan fingerprint density at radius 2 is 1.70 bits per heavy atom. The summed E-state index contributed by atoms with van der Waals surface area (Å²) in [5.41, 5.74) is 2.52. The van der Waals surface area contributed by atoms with Crippen LogP contribution in [0.3, 0.4) is 0 Å². The van der Waals surface area contributed by atoms with E-state index in [1.54, 1.807) is 36.1 Å². The van der Waals surface area contributed by atoms with E-state index in [0.717, 1.165) is 30.2 Å². The second-order valence-corrected chi connectivity index (χ2v) is 11.0. The number of carbonyl (C=O) groups excluding carboxylic acids is 2. The topological polar surface area (TPSA) is 96.0 Å². The van der Waals surface area contributed by atoms with E-state index in [1.807, 2.05) is 38.1 Å². The van der Waals surface area contributed by atoms with Crippen molar-refractivity contribution < 1.29 is 22.7 Å². The molecule has 0 aromatic heterocycles. The molecule has 2 aromatic carbocycles. The molecule has 0 aliphatic heterocycles. The minimum atomic E-state index is -3.55. The number of hydrogen-bond donors (Lipinski definition) is 1. The van der Waals surface area contributed by atoms with Gasteiger partial charge < -0.3 is 15.0 Å². The van der Waals surface area contributed by atoms with E-state index in [9.17, 15) is 18.0 Å². The summed E-state index contributed by atoms with van der Waals surface area (Å²) >= 11 is 0. The van der Waals surface area contributed by atoms with Crippen LogP contribution in [0.4, 0.5) is 5.69 Å². The highest BCUT2D eigenvalue weighted by atomic mass is 32.2. The first-order chi connectivity index (χ1) is 17.6. The molecule has 8 nitrogen and oxygen atoms in total. The van der Waals surface area contributed by atoms with E-state index >= 15 is 0 Å². The Labute approximate surface area is 222 Å². The van der Waals surface area contributed by atoms with Gasteiger partial charge in [-0.05, 0) is 69.0 Å². The monoisotopic (exact) mass is 531 g/mol. The molecule has 2 amide bonds. The van der Waals surface area contributed by atoms with Crippen LogP contribution in [0.25, 0.3) is 0 Å². The molecule has 0 aliphatic rings. The minimum absolute atomic E-state index is 0.113. The van der Waals surface area contributed by atoms with Gasteiger partial charge in [-0.2, -0.15) is 0 Å². The smallest absolute Gasteiger partial charge is 0.242 e. The van der Waals surface area contributed by atoms with E-state index in [0.29, 0.717) is 37.6 Å². The van der Waals surface area contributed by atoms with Crippen molar-refractivity contribution in [2.45, 2.75) is 66.0 Å². The Morgan fingerprint density at radius 1 is 1.03 bits per heavy atom. The zero-order valence-corrected chi connectivity index (χ0v) is 23.5. The van der Waals surface area contributed by atoms with E-state index in [4.69, 9.17) is 4.74 Å². The minimum Gasteiger partial charge on any atom is -0.494 e. The third kappa shape index (κ3) is 9.39. The summed E-state index contributed by atoms with van der Waals surface area (Å²) in [6.45, 7) is 9.19. The first-order valence-electron chi connectivity index (χ1n) is 12.9. The summed E-state index contributed by atoms with van der Waals surface area (Å²) < 4.78 is 31.7. The fourth-order valence-corrected chi connectivity index (χ4v) is 4.93. The predicted molar refractivity (Wildman–Crippen MR) is 148 cm³/mol. The van der Waals surface area contributed by atoms with Gasteiger partial charge in [0.15, 0.2) is 0 Å². The number of anilines is 1. The van der Waals surface area contributed by atoms with Crippen LogP contribution in [0.5, 0.6) is 5.75 Å². The molecular weight excluding hydrogens is 490 g/mol. The van der Waals surface area contributed by atoms with Gasteiger partial charge in [0.25, 0.3) is 0 Å². The number of ether oxygens (including phenoxy) is 1. The summed E-state index contributed by atoms with van der Waals surface area (Å²) in [7, 11) is -3.55. The van der Waals surface area contributed by atoms with Crippen LogP contribution in [0, 0.1) is 6.92 Å². The molecule has 0 unspecified atom stereocenters. The number of nitrogens with zero attached hydrogens (tertiary/aromatic N) is 2. The van der Waals surface area contributed by atoms with Crippen molar-refractivity contribution in [3.8, 4) is 5.75 Å². The first kappa shape index (κ1) is 30.2. The number of benzene rings is 2. The number of unbranched alkanes of at least 4 members (excludes halogenated alkanes) is 1. The standard InChI is InChI=1S/C28H41N3O5S/c1-6-8-19-29-28(33)23(4)30(21-24-13-10-9-12-22(24)3)27(32)14-11-20-31(37(5,34)35)25-15-17-26(18-16-25)36-7-2/h9-10,12-13,15-18,23H,6-8,11,14,19-21H2,1-5H3,(H,29,33)/t23-/m0/s1. The highest BCUT2D eigenvalue weighted by molar-refractivity contribution is 7.92. The number of carbonyl (C=O) groups is 2. The molecule has 1 atom stereocenters. The number of amides is 2. The molecule has 37 heavy (non-hydrogen) atoms. The fourth-order valence-electron chi connectivity index (χ4n) is 3.97. The van der Waals surface area contributed by atoms with E-state index in [1.165, 1.54) is 4.31 Å². The molecule has 0 saturated heterocycles. The summed E-state index contributed by atoms with van der Waals surface area (Å²) in [5, 5.41) is 2.92. The Hall–Kier alpha value is -3.07. The van der Waals surface area contributed by atoms with E-state index in [-0.39, 0.29) is 24.8 Å². The van der Waals surface area contributed by atoms with Crippen LogP contribution in [0.15, 0.2) is 48.5 Å². The molecule has 9 heteroatoms. The molecule has 0 spiro atoms. The van der Waals surface area contributed by atoms with E-state index < -0.39 is 16.1 Å². The summed E-state index contributed by atoms with van der Waals surface area (Å²) in [4.78, 5) is 27.8. The lowest BCUT2D eigenvalue weighted by Crippen LogP contribution is -2.48.